The van der Waals surface area contributed by atoms with Crippen molar-refractivity contribution in [2.45, 2.75) is 42.3 Å². The molecule has 1 heterocycles. The molecule has 7 nitrogen and oxygen atoms in total. The Kier molecular flexibility index (Phi) is 5.63. The molecule has 5 rings (SSSR count). The van der Waals surface area contributed by atoms with Crippen LogP contribution >= 0.6 is 23.2 Å². The highest BCUT2D eigenvalue weighted by atomic mass is 35.5. The fraction of sp³-hybridized carbons (Fsp3) is 0.579. The van der Waals surface area contributed by atoms with Crippen LogP contribution in [0.1, 0.15) is 19.3 Å². The van der Waals surface area contributed by atoms with Crippen molar-refractivity contribution in [3.63, 3.8) is 0 Å². The molecule has 0 aromatic heterocycles. The van der Waals surface area contributed by atoms with Crippen molar-refractivity contribution in [2.75, 3.05) is 20.2 Å². The summed E-state index contributed by atoms with van der Waals surface area (Å²) in [6.07, 6.45) is 2.32. The van der Waals surface area contributed by atoms with E-state index in [2.05, 4.69) is 16.1 Å². The number of fused-ring (bicyclic) bond motifs is 1. The van der Waals surface area contributed by atoms with E-state index in [9.17, 15) is 14.0 Å². The zero-order valence-corrected chi connectivity index (χ0v) is 17.4. The van der Waals surface area contributed by atoms with Gasteiger partial charge in [-0.15, -0.1) is 11.6 Å². The number of carbonyl (C=O) groups is 2. The number of amides is 2. The number of halogens is 3. The number of alkyl halides is 1. The molecule has 0 spiro atoms. The van der Waals surface area contributed by atoms with Crippen molar-refractivity contribution in [1.82, 2.24) is 21.1 Å². The van der Waals surface area contributed by atoms with Crippen molar-refractivity contribution >= 4 is 35.0 Å². The molecule has 1 saturated heterocycles. The Bertz CT molecular complexity index is 821. The van der Waals surface area contributed by atoms with Crippen LogP contribution in [0.25, 0.3) is 0 Å². The predicted octanol–water partition coefficient (Wildman–Crippen LogP) is 1.44. The molecule has 1 aromatic rings. The van der Waals surface area contributed by atoms with Gasteiger partial charge in [-0.25, -0.2) is 14.8 Å². The Morgan fingerprint density at radius 3 is 2.79 bits per heavy atom. The van der Waals surface area contributed by atoms with Crippen LogP contribution < -0.4 is 20.8 Å². The first-order valence-corrected chi connectivity index (χ1v) is 10.4. The van der Waals surface area contributed by atoms with Gasteiger partial charge in [0.05, 0.1) is 10.4 Å². The number of nitrogens with one attached hydrogen (secondary N) is 3. The van der Waals surface area contributed by atoms with Gasteiger partial charge in [0.1, 0.15) is 17.6 Å². The Labute approximate surface area is 178 Å². The van der Waals surface area contributed by atoms with Crippen LogP contribution in [-0.4, -0.2) is 60.0 Å². The van der Waals surface area contributed by atoms with Crippen molar-refractivity contribution in [3.05, 3.63) is 29.0 Å². The number of carbonyl (C=O) groups excluding carboxylic acids is 2. The summed E-state index contributed by atoms with van der Waals surface area (Å²) < 4.78 is 18.8. The third-order valence-electron chi connectivity index (χ3n) is 5.93. The fourth-order valence-corrected chi connectivity index (χ4v) is 5.08. The number of nitrogens with zero attached hydrogens (tertiary/aromatic N) is 1. The average Bonchev–Trinajstić information content (AvgIpc) is 3.25. The average molecular weight is 445 g/mol. The van der Waals surface area contributed by atoms with E-state index in [0.717, 1.165) is 18.9 Å². The van der Waals surface area contributed by atoms with Gasteiger partial charge in [-0.2, -0.15) is 0 Å². The van der Waals surface area contributed by atoms with Crippen molar-refractivity contribution < 1.29 is 18.7 Å². The van der Waals surface area contributed by atoms with Gasteiger partial charge in [-0.1, -0.05) is 11.6 Å². The molecule has 2 bridgehead atoms. The zero-order valence-electron chi connectivity index (χ0n) is 15.9. The number of rotatable bonds is 6. The fourth-order valence-electron chi connectivity index (χ4n) is 4.59. The molecule has 10 heteroatoms. The third kappa shape index (κ3) is 4.30. The van der Waals surface area contributed by atoms with E-state index in [-0.39, 0.29) is 46.2 Å². The summed E-state index contributed by atoms with van der Waals surface area (Å²) in [5, 5.41) is 7.64. The summed E-state index contributed by atoms with van der Waals surface area (Å²) in [5.74, 6) is -0.389. The lowest BCUT2D eigenvalue weighted by molar-refractivity contribution is -0.126. The second-order valence-corrected chi connectivity index (χ2v) is 9.15. The molecule has 1 aliphatic heterocycles. The van der Waals surface area contributed by atoms with Crippen molar-refractivity contribution in [2.24, 2.45) is 5.92 Å². The van der Waals surface area contributed by atoms with E-state index >= 15 is 0 Å². The zero-order chi connectivity index (χ0) is 20.8. The number of hydrazine groups is 1. The van der Waals surface area contributed by atoms with Crippen LogP contribution in [0, 0.1) is 11.7 Å². The summed E-state index contributed by atoms with van der Waals surface area (Å²) in [6.45, 7) is 0.391. The SMILES string of the molecule is CN1CC(Cl)C(C(=O)NC2CC3(NC(=O)COc4ccc(Cl)c(F)c4)CC2C3)N1. The third-order valence-corrected chi connectivity index (χ3v) is 6.63. The maximum atomic E-state index is 13.4. The van der Waals surface area contributed by atoms with Crippen LogP contribution in [0.3, 0.4) is 0 Å². The Morgan fingerprint density at radius 2 is 2.14 bits per heavy atom. The quantitative estimate of drug-likeness (QED) is 0.578. The highest BCUT2D eigenvalue weighted by Gasteiger charge is 2.57. The summed E-state index contributed by atoms with van der Waals surface area (Å²) in [6, 6.07) is 3.61. The Morgan fingerprint density at radius 1 is 1.38 bits per heavy atom. The molecule has 0 radical (unpaired) electrons. The smallest absolute Gasteiger partial charge is 0.258 e. The molecule has 4 fully saturated rings. The number of hydrogen-bond acceptors (Lipinski definition) is 5. The minimum absolute atomic E-state index is 0.000168. The van der Waals surface area contributed by atoms with E-state index in [4.69, 9.17) is 27.9 Å². The minimum Gasteiger partial charge on any atom is -0.484 e. The highest BCUT2D eigenvalue weighted by molar-refractivity contribution is 6.30. The van der Waals surface area contributed by atoms with Gasteiger partial charge in [-0.05, 0) is 37.3 Å². The molecule has 3 aliphatic carbocycles. The molecule has 3 atom stereocenters. The van der Waals surface area contributed by atoms with E-state index < -0.39 is 11.9 Å². The molecular formula is C19H23Cl2FN4O3. The van der Waals surface area contributed by atoms with Gasteiger partial charge >= 0.3 is 0 Å². The Hall–Kier alpha value is -1.61. The van der Waals surface area contributed by atoms with Gasteiger partial charge in [-0.3, -0.25) is 9.59 Å². The van der Waals surface area contributed by atoms with Crippen molar-refractivity contribution in [3.8, 4) is 5.75 Å². The first kappa shape index (κ1) is 20.7. The monoisotopic (exact) mass is 444 g/mol. The molecule has 2 amide bonds. The molecular weight excluding hydrogens is 422 g/mol. The van der Waals surface area contributed by atoms with E-state index in [1.807, 2.05) is 12.1 Å². The summed E-state index contributed by atoms with van der Waals surface area (Å²) in [5.41, 5.74) is 2.74. The Balaban J connectivity index is 1.25. The van der Waals surface area contributed by atoms with Crippen molar-refractivity contribution in [1.29, 1.82) is 0 Å². The second kappa shape index (κ2) is 7.91. The molecule has 158 valence electrons. The lowest BCUT2D eigenvalue weighted by atomic mass is 9.76. The first-order valence-electron chi connectivity index (χ1n) is 9.55. The minimum atomic E-state index is -0.596. The van der Waals surface area contributed by atoms with E-state index in [1.165, 1.54) is 12.1 Å². The second-order valence-electron chi connectivity index (χ2n) is 8.18. The summed E-state index contributed by atoms with van der Waals surface area (Å²) >= 11 is 11.9. The normalized spacial score (nSPS) is 33.2. The van der Waals surface area contributed by atoms with Gasteiger partial charge in [0, 0.05) is 31.2 Å². The first-order chi connectivity index (χ1) is 13.7. The number of hydrogen-bond donors (Lipinski definition) is 3. The molecule has 3 N–H and O–H groups in total. The topological polar surface area (TPSA) is 82.7 Å². The van der Waals surface area contributed by atoms with Crippen LogP contribution in [0.4, 0.5) is 4.39 Å². The number of benzene rings is 1. The largest absolute Gasteiger partial charge is 0.484 e. The summed E-state index contributed by atoms with van der Waals surface area (Å²) in [4.78, 5) is 24.8. The maximum absolute atomic E-state index is 13.4. The van der Waals surface area contributed by atoms with Gasteiger partial charge < -0.3 is 15.4 Å². The molecule has 3 saturated carbocycles. The molecule has 3 unspecified atom stereocenters. The molecule has 29 heavy (non-hydrogen) atoms. The lowest BCUT2D eigenvalue weighted by Gasteiger charge is -2.39. The van der Waals surface area contributed by atoms with Crippen LogP contribution in [0.15, 0.2) is 18.2 Å². The van der Waals surface area contributed by atoms with Crippen LogP contribution in [-0.2, 0) is 9.59 Å². The standard InChI is InChI=1S/C19H23Cl2FN4O3/c1-26-8-13(21)17(25-26)18(28)23-15-7-19(5-10(15)6-19)24-16(27)9-29-11-2-3-12(20)14(22)4-11/h2-4,10,13,15,17,25H,5-9H2,1H3,(H,23,28)(H,24,27). The maximum Gasteiger partial charge on any atom is 0.258 e. The van der Waals surface area contributed by atoms with Crippen LogP contribution in [0.2, 0.25) is 5.02 Å². The van der Waals surface area contributed by atoms with E-state index in [0.29, 0.717) is 18.9 Å². The highest BCUT2D eigenvalue weighted by Crippen LogP contribution is 2.52. The van der Waals surface area contributed by atoms with Gasteiger partial charge in [0.2, 0.25) is 5.91 Å². The molecule has 4 aliphatic rings. The summed E-state index contributed by atoms with van der Waals surface area (Å²) in [7, 11) is 1.85. The van der Waals surface area contributed by atoms with Gasteiger partial charge in [0.15, 0.2) is 6.61 Å². The van der Waals surface area contributed by atoms with E-state index in [1.54, 1.807) is 0 Å². The van der Waals surface area contributed by atoms with Gasteiger partial charge in [0.25, 0.3) is 5.91 Å². The number of ether oxygens (including phenoxy) is 1. The lowest BCUT2D eigenvalue weighted by Crippen LogP contribution is -2.53. The molecule has 1 aromatic carbocycles. The predicted molar refractivity (Wildman–Crippen MR) is 106 cm³/mol. The van der Waals surface area contributed by atoms with Crippen LogP contribution in [0.5, 0.6) is 5.75 Å².